The van der Waals surface area contributed by atoms with E-state index in [4.69, 9.17) is 0 Å². The van der Waals surface area contributed by atoms with E-state index in [0.717, 1.165) is 24.5 Å². The number of amides is 1. The maximum Gasteiger partial charge on any atom is 0.254 e. The monoisotopic (exact) mass is 325 g/mol. The van der Waals surface area contributed by atoms with Crippen LogP contribution in [0.25, 0.3) is 0 Å². The van der Waals surface area contributed by atoms with Crippen molar-refractivity contribution < 1.29 is 4.79 Å². The van der Waals surface area contributed by atoms with Crippen molar-refractivity contribution in [3.05, 3.63) is 47.7 Å². The third kappa shape index (κ3) is 3.89. The second-order valence-electron chi connectivity index (χ2n) is 6.44. The fourth-order valence-corrected chi connectivity index (χ4v) is 3.02. The fraction of sp³-hybridized carbons (Fsp3) is 0.389. The molecule has 1 saturated heterocycles. The van der Waals surface area contributed by atoms with Crippen LogP contribution in [0.2, 0.25) is 0 Å². The van der Waals surface area contributed by atoms with Gasteiger partial charge in [-0.3, -0.25) is 4.79 Å². The third-order valence-corrected chi connectivity index (χ3v) is 4.02. The average Bonchev–Trinajstić information content (AvgIpc) is 2.56. The molecule has 1 aromatic carbocycles. The molecule has 2 N–H and O–H groups in total. The van der Waals surface area contributed by atoms with Gasteiger partial charge in [-0.25, -0.2) is 0 Å². The summed E-state index contributed by atoms with van der Waals surface area (Å²) < 4.78 is 0. The summed E-state index contributed by atoms with van der Waals surface area (Å²) in [6, 6.07) is 11.9. The predicted octanol–water partition coefficient (Wildman–Crippen LogP) is 2.35. The fourth-order valence-electron chi connectivity index (χ4n) is 3.02. The number of benzene rings is 1. The smallest absolute Gasteiger partial charge is 0.254 e. The van der Waals surface area contributed by atoms with Crippen LogP contribution in [0.4, 0.5) is 11.5 Å². The number of hydrogen-bond donors (Lipinski definition) is 2. The SMILES string of the molecule is Cc1ccc(Nc2cccc(C(=O)N3C[C@@H](C)N[C@H](C)C3)c2)nn1. The minimum absolute atomic E-state index is 0.0637. The second kappa shape index (κ2) is 6.97. The standard InChI is InChI=1S/C18H23N5O/c1-12-7-8-17(22-21-12)20-16-6-4-5-15(9-16)18(24)23-10-13(2)19-14(3)11-23/h4-9,13-14,19H,10-11H2,1-3H3,(H,20,22)/t13-,14-/m1/s1. The van der Waals surface area contributed by atoms with E-state index in [1.54, 1.807) is 0 Å². The Morgan fingerprint density at radius 3 is 2.58 bits per heavy atom. The topological polar surface area (TPSA) is 70.2 Å². The van der Waals surface area contributed by atoms with Gasteiger partial charge in [-0.15, -0.1) is 5.10 Å². The summed E-state index contributed by atoms with van der Waals surface area (Å²) in [6.07, 6.45) is 0. The number of aryl methyl sites for hydroxylation is 1. The summed E-state index contributed by atoms with van der Waals surface area (Å²) >= 11 is 0. The third-order valence-electron chi connectivity index (χ3n) is 4.02. The average molecular weight is 325 g/mol. The molecule has 6 nitrogen and oxygen atoms in total. The number of nitrogens with one attached hydrogen (secondary N) is 2. The maximum absolute atomic E-state index is 12.8. The summed E-state index contributed by atoms with van der Waals surface area (Å²) in [4.78, 5) is 14.7. The maximum atomic E-state index is 12.8. The molecule has 1 aliphatic heterocycles. The lowest BCUT2D eigenvalue weighted by atomic mass is 10.1. The second-order valence-corrected chi connectivity index (χ2v) is 6.44. The first-order valence-corrected chi connectivity index (χ1v) is 8.24. The minimum atomic E-state index is 0.0637. The van der Waals surface area contributed by atoms with Crippen LogP contribution in [-0.2, 0) is 0 Å². The van der Waals surface area contributed by atoms with Crippen LogP contribution < -0.4 is 10.6 Å². The van der Waals surface area contributed by atoms with Gasteiger partial charge in [0.1, 0.15) is 0 Å². The number of aromatic nitrogens is 2. The lowest BCUT2D eigenvalue weighted by molar-refractivity contribution is 0.0674. The molecule has 2 atom stereocenters. The quantitative estimate of drug-likeness (QED) is 0.906. The lowest BCUT2D eigenvalue weighted by Gasteiger charge is -2.36. The predicted molar refractivity (Wildman–Crippen MR) is 94.5 cm³/mol. The van der Waals surface area contributed by atoms with E-state index in [1.807, 2.05) is 48.2 Å². The Morgan fingerprint density at radius 1 is 1.17 bits per heavy atom. The lowest BCUT2D eigenvalue weighted by Crippen LogP contribution is -2.55. The van der Waals surface area contributed by atoms with E-state index < -0.39 is 0 Å². The highest BCUT2D eigenvalue weighted by molar-refractivity contribution is 5.95. The summed E-state index contributed by atoms with van der Waals surface area (Å²) in [7, 11) is 0. The molecule has 1 amide bonds. The van der Waals surface area contributed by atoms with Crippen LogP contribution in [0.3, 0.4) is 0 Å². The summed E-state index contributed by atoms with van der Waals surface area (Å²) in [5.41, 5.74) is 2.38. The Morgan fingerprint density at radius 2 is 1.92 bits per heavy atom. The van der Waals surface area contributed by atoms with Gasteiger partial charge in [-0.1, -0.05) is 6.07 Å². The number of carbonyl (C=O) groups is 1. The Hall–Kier alpha value is -2.47. The van der Waals surface area contributed by atoms with E-state index in [0.29, 0.717) is 23.5 Å². The number of piperazine rings is 1. The zero-order valence-corrected chi connectivity index (χ0v) is 14.3. The van der Waals surface area contributed by atoms with Crippen molar-refractivity contribution in [1.29, 1.82) is 0 Å². The van der Waals surface area contributed by atoms with E-state index in [9.17, 15) is 4.79 Å². The van der Waals surface area contributed by atoms with Gasteiger partial charge in [0, 0.05) is 36.4 Å². The van der Waals surface area contributed by atoms with Crippen molar-refractivity contribution >= 4 is 17.4 Å². The Kier molecular flexibility index (Phi) is 4.76. The molecule has 0 radical (unpaired) electrons. The van der Waals surface area contributed by atoms with Crippen molar-refractivity contribution in [1.82, 2.24) is 20.4 Å². The molecule has 2 aromatic rings. The van der Waals surface area contributed by atoms with Crippen molar-refractivity contribution in [2.75, 3.05) is 18.4 Å². The van der Waals surface area contributed by atoms with Crippen LogP contribution in [0.15, 0.2) is 36.4 Å². The molecular weight excluding hydrogens is 302 g/mol. The van der Waals surface area contributed by atoms with E-state index in [1.165, 1.54) is 0 Å². The van der Waals surface area contributed by atoms with E-state index in [-0.39, 0.29) is 5.91 Å². The molecule has 3 rings (SSSR count). The normalized spacial score (nSPS) is 20.7. The van der Waals surface area contributed by atoms with Crippen molar-refractivity contribution in [3.8, 4) is 0 Å². The first kappa shape index (κ1) is 16.4. The molecule has 0 aliphatic carbocycles. The number of rotatable bonds is 3. The molecule has 0 unspecified atom stereocenters. The first-order valence-electron chi connectivity index (χ1n) is 8.24. The molecule has 6 heteroatoms. The first-order chi connectivity index (χ1) is 11.5. The molecule has 1 fully saturated rings. The number of nitrogens with zero attached hydrogens (tertiary/aromatic N) is 3. The van der Waals surface area contributed by atoms with Crippen molar-refractivity contribution in [2.45, 2.75) is 32.9 Å². The molecule has 126 valence electrons. The number of hydrogen-bond acceptors (Lipinski definition) is 5. The van der Waals surface area contributed by atoms with Gasteiger partial charge in [0.25, 0.3) is 5.91 Å². The van der Waals surface area contributed by atoms with E-state index in [2.05, 4.69) is 34.7 Å². The molecular formula is C18H23N5O. The van der Waals surface area contributed by atoms with Crippen LogP contribution >= 0.6 is 0 Å². The Labute approximate surface area is 142 Å². The van der Waals surface area contributed by atoms with Crippen LogP contribution in [0.5, 0.6) is 0 Å². The number of carbonyl (C=O) groups excluding carboxylic acids is 1. The van der Waals surface area contributed by atoms with Crippen molar-refractivity contribution in [3.63, 3.8) is 0 Å². The Balaban J connectivity index is 1.74. The van der Waals surface area contributed by atoms with Gasteiger partial charge in [0.15, 0.2) is 5.82 Å². The summed E-state index contributed by atoms with van der Waals surface area (Å²) in [5, 5.41) is 14.8. The summed E-state index contributed by atoms with van der Waals surface area (Å²) in [6.45, 7) is 7.55. The van der Waals surface area contributed by atoms with Crippen LogP contribution in [0.1, 0.15) is 29.9 Å². The van der Waals surface area contributed by atoms with Gasteiger partial charge in [-0.2, -0.15) is 5.10 Å². The van der Waals surface area contributed by atoms with Gasteiger partial charge in [-0.05, 0) is 51.1 Å². The van der Waals surface area contributed by atoms with Gasteiger partial charge in [0.2, 0.25) is 0 Å². The number of anilines is 2. The largest absolute Gasteiger partial charge is 0.339 e. The molecule has 0 saturated carbocycles. The minimum Gasteiger partial charge on any atom is -0.339 e. The molecule has 24 heavy (non-hydrogen) atoms. The summed E-state index contributed by atoms with van der Waals surface area (Å²) in [5.74, 6) is 0.725. The van der Waals surface area contributed by atoms with Crippen molar-refractivity contribution in [2.24, 2.45) is 0 Å². The highest BCUT2D eigenvalue weighted by atomic mass is 16.2. The Bertz CT molecular complexity index is 706. The van der Waals surface area contributed by atoms with E-state index >= 15 is 0 Å². The zero-order chi connectivity index (χ0) is 17.1. The molecule has 0 spiro atoms. The van der Waals surface area contributed by atoms with Gasteiger partial charge >= 0.3 is 0 Å². The molecule has 1 aliphatic rings. The molecule has 2 heterocycles. The zero-order valence-electron chi connectivity index (χ0n) is 14.3. The molecule has 1 aromatic heterocycles. The highest BCUT2D eigenvalue weighted by Crippen LogP contribution is 2.18. The molecule has 0 bridgehead atoms. The van der Waals surface area contributed by atoms with Crippen LogP contribution in [0, 0.1) is 6.92 Å². The van der Waals surface area contributed by atoms with Gasteiger partial charge in [0.05, 0.1) is 5.69 Å². The van der Waals surface area contributed by atoms with Crippen LogP contribution in [-0.4, -0.2) is 46.2 Å². The van der Waals surface area contributed by atoms with Gasteiger partial charge < -0.3 is 15.5 Å². The highest BCUT2D eigenvalue weighted by Gasteiger charge is 2.25.